The quantitative estimate of drug-likeness (QED) is 0.749. The summed E-state index contributed by atoms with van der Waals surface area (Å²) in [5.41, 5.74) is 3.06. The fourth-order valence-corrected chi connectivity index (χ4v) is 3.46. The molecule has 0 radical (unpaired) electrons. The minimum atomic E-state index is -1.20. The maximum Gasteiger partial charge on any atom is 0.317 e. The maximum atomic E-state index is 12.2. The summed E-state index contributed by atoms with van der Waals surface area (Å²) >= 11 is 0.868. The molecule has 0 aliphatic heterocycles. The van der Waals surface area contributed by atoms with Crippen LogP contribution in [0.3, 0.4) is 0 Å². The topological polar surface area (TPSA) is 91.7 Å². The number of benzene rings is 1. The lowest BCUT2D eigenvalue weighted by Crippen LogP contribution is -2.22. The van der Waals surface area contributed by atoms with Crippen molar-refractivity contribution in [2.75, 3.05) is 5.75 Å². The zero-order chi connectivity index (χ0) is 16.1. The highest BCUT2D eigenvalue weighted by atomic mass is 32.2. The van der Waals surface area contributed by atoms with E-state index in [9.17, 15) is 14.4 Å². The average molecular weight is 322 g/mol. The van der Waals surface area contributed by atoms with Gasteiger partial charge >= 0.3 is 11.9 Å². The van der Waals surface area contributed by atoms with Crippen molar-refractivity contribution < 1.29 is 24.6 Å². The zero-order valence-electron chi connectivity index (χ0n) is 12.1. The third-order valence-corrected chi connectivity index (χ3v) is 4.92. The summed E-state index contributed by atoms with van der Waals surface area (Å²) in [6.07, 6.45) is 3.82. The number of fused-ring (bicyclic) bond motifs is 1. The van der Waals surface area contributed by atoms with Crippen molar-refractivity contribution in [3.8, 4) is 0 Å². The number of thioether (sulfide) groups is 1. The van der Waals surface area contributed by atoms with Gasteiger partial charge in [-0.15, -0.1) is 11.8 Å². The molecule has 22 heavy (non-hydrogen) atoms. The third-order valence-electron chi connectivity index (χ3n) is 3.72. The summed E-state index contributed by atoms with van der Waals surface area (Å²) in [5, 5.41) is 16.6. The summed E-state index contributed by atoms with van der Waals surface area (Å²) < 4.78 is 0. The van der Waals surface area contributed by atoms with Crippen LogP contribution in [0, 0.1) is 0 Å². The standard InChI is InChI=1S/C16H18O5S/c17-13(9-22-14(16(20)21)8-15(18)19)12-6-5-10-3-1-2-4-11(10)7-12/h5-7,14H,1-4,8-9H2,(H,18,19)(H,20,21). The number of aryl methyl sites for hydroxylation is 2. The van der Waals surface area contributed by atoms with Crippen LogP contribution >= 0.6 is 11.8 Å². The molecular weight excluding hydrogens is 304 g/mol. The van der Waals surface area contributed by atoms with Crippen LogP contribution in [-0.2, 0) is 22.4 Å². The number of carbonyl (C=O) groups excluding carboxylic acids is 1. The summed E-state index contributed by atoms with van der Waals surface area (Å²) in [6.45, 7) is 0. The molecule has 118 valence electrons. The first kappa shape index (κ1) is 16.5. The van der Waals surface area contributed by atoms with Gasteiger partial charge in [0.05, 0.1) is 12.2 Å². The monoisotopic (exact) mass is 322 g/mol. The van der Waals surface area contributed by atoms with Crippen LogP contribution in [0.4, 0.5) is 0 Å². The van der Waals surface area contributed by atoms with E-state index >= 15 is 0 Å². The first-order valence-electron chi connectivity index (χ1n) is 7.18. The van der Waals surface area contributed by atoms with Crippen molar-refractivity contribution >= 4 is 29.5 Å². The molecule has 1 atom stereocenters. The average Bonchev–Trinajstić information content (AvgIpc) is 2.50. The number of Topliss-reactive ketones (excluding diaryl/α,β-unsaturated/α-hetero) is 1. The SMILES string of the molecule is O=C(O)CC(SCC(=O)c1ccc2c(c1)CCCC2)C(=O)O. The Hall–Kier alpha value is -1.82. The van der Waals surface area contributed by atoms with E-state index in [2.05, 4.69) is 0 Å². The molecule has 0 amide bonds. The molecule has 1 aliphatic rings. The molecule has 1 aromatic rings. The number of ketones is 1. The van der Waals surface area contributed by atoms with E-state index in [4.69, 9.17) is 10.2 Å². The first-order valence-corrected chi connectivity index (χ1v) is 8.23. The molecular formula is C16H18O5S. The molecule has 0 heterocycles. The third kappa shape index (κ3) is 4.34. The summed E-state index contributed by atoms with van der Waals surface area (Å²) in [4.78, 5) is 33.8. The Morgan fingerprint density at radius 3 is 2.41 bits per heavy atom. The van der Waals surface area contributed by atoms with Gasteiger partial charge in [0, 0.05) is 5.56 Å². The number of carboxylic acid groups (broad SMARTS) is 2. The number of hydrogen-bond donors (Lipinski definition) is 2. The van der Waals surface area contributed by atoms with E-state index in [1.807, 2.05) is 12.1 Å². The smallest absolute Gasteiger partial charge is 0.317 e. The highest BCUT2D eigenvalue weighted by molar-refractivity contribution is 8.01. The summed E-state index contributed by atoms with van der Waals surface area (Å²) in [7, 11) is 0. The Morgan fingerprint density at radius 1 is 1.09 bits per heavy atom. The van der Waals surface area contributed by atoms with Gasteiger partial charge in [-0.3, -0.25) is 14.4 Å². The zero-order valence-corrected chi connectivity index (χ0v) is 12.9. The van der Waals surface area contributed by atoms with Gasteiger partial charge in [0.1, 0.15) is 5.25 Å². The highest BCUT2D eigenvalue weighted by Gasteiger charge is 2.23. The molecule has 2 N–H and O–H groups in total. The lowest BCUT2D eigenvalue weighted by Gasteiger charge is -2.16. The number of carboxylic acids is 2. The summed E-state index contributed by atoms with van der Waals surface area (Å²) in [5.74, 6) is -2.56. The molecule has 0 spiro atoms. The fraction of sp³-hybridized carbons (Fsp3) is 0.438. The van der Waals surface area contributed by atoms with Crippen LogP contribution in [-0.4, -0.2) is 38.9 Å². The van der Waals surface area contributed by atoms with Crippen LogP contribution in [0.5, 0.6) is 0 Å². The fourth-order valence-electron chi connectivity index (χ4n) is 2.54. The minimum Gasteiger partial charge on any atom is -0.481 e. The van der Waals surface area contributed by atoms with Crippen molar-refractivity contribution in [2.45, 2.75) is 37.4 Å². The van der Waals surface area contributed by atoms with Crippen molar-refractivity contribution in [3.05, 3.63) is 34.9 Å². The van der Waals surface area contributed by atoms with Crippen molar-refractivity contribution in [3.63, 3.8) is 0 Å². The molecule has 0 bridgehead atoms. The lowest BCUT2D eigenvalue weighted by atomic mass is 9.90. The molecule has 0 fully saturated rings. The minimum absolute atomic E-state index is 0.0248. The van der Waals surface area contributed by atoms with E-state index in [0.29, 0.717) is 5.56 Å². The lowest BCUT2D eigenvalue weighted by molar-refractivity contribution is -0.142. The van der Waals surface area contributed by atoms with Gasteiger partial charge in [-0.05, 0) is 42.9 Å². The Balaban J connectivity index is 1.99. The predicted octanol–water partition coefficient (Wildman–Crippen LogP) is 2.41. The maximum absolute atomic E-state index is 12.2. The Labute approximate surface area is 132 Å². The van der Waals surface area contributed by atoms with E-state index in [0.717, 1.165) is 31.0 Å². The van der Waals surface area contributed by atoms with Crippen molar-refractivity contribution in [2.24, 2.45) is 0 Å². The van der Waals surface area contributed by atoms with Crippen LogP contribution in [0.25, 0.3) is 0 Å². The van der Waals surface area contributed by atoms with Crippen LogP contribution < -0.4 is 0 Å². The summed E-state index contributed by atoms with van der Waals surface area (Å²) in [6, 6.07) is 5.64. The number of rotatable bonds is 7. The molecule has 1 aliphatic carbocycles. The molecule has 1 unspecified atom stereocenters. The first-order chi connectivity index (χ1) is 10.5. The van der Waals surface area contributed by atoms with Gasteiger partial charge in [0.25, 0.3) is 0 Å². The van der Waals surface area contributed by atoms with E-state index in [-0.39, 0.29) is 11.5 Å². The second-order valence-electron chi connectivity index (χ2n) is 5.35. The largest absolute Gasteiger partial charge is 0.481 e. The van der Waals surface area contributed by atoms with E-state index < -0.39 is 23.6 Å². The normalized spacial score (nSPS) is 14.9. The van der Waals surface area contributed by atoms with Gasteiger partial charge in [-0.2, -0.15) is 0 Å². The van der Waals surface area contributed by atoms with Crippen LogP contribution in [0.1, 0.15) is 40.7 Å². The van der Waals surface area contributed by atoms with E-state index in [1.165, 1.54) is 17.5 Å². The van der Waals surface area contributed by atoms with Gasteiger partial charge in [-0.25, -0.2) is 0 Å². The molecule has 1 aromatic carbocycles. The number of aliphatic carboxylic acids is 2. The number of carbonyl (C=O) groups is 3. The Kier molecular flexibility index (Phi) is 5.60. The molecule has 5 nitrogen and oxygen atoms in total. The molecule has 6 heteroatoms. The Morgan fingerprint density at radius 2 is 1.77 bits per heavy atom. The second kappa shape index (κ2) is 7.45. The molecule has 2 rings (SSSR count). The van der Waals surface area contributed by atoms with Gasteiger partial charge in [0.2, 0.25) is 0 Å². The van der Waals surface area contributed by atoms with Gasteiger partial charge in [-0.1, -0.05) is 12.1 Å². The second-order valence-corrected chi connectivity index (χ2v) is 6.54. The van der Waals surface area contributed by atoms with Crippen LogP contribution in [0.2, 0.25) is 0 Å². The van der Waals surface area contributed by atoms with Crippen LogP contribution in [0.15, 0.2) is 18.2 Å². The molecule has 0 aromatic heterocycles. The predicted molar refractivity (Wildman–Crippen MR) is 83.5 cm³/mol. The van der Waals surface area contributed by atoms with E-state index in [1.54, 1.807) is 6.07 Å². The molecule has 0 saturated heterocycles. The van der Waals surface area contributed by atoms with Gasteiger partial charge < -0.3 is 10.2 Å². The van der Waals surface area contributed by atoms with Gasteiger partial charge in [0.15, 0.2) is 5.78 Å². The van der Waals surface area contributed by atoms with Crippen molar-refractivity contribution in [1.82, 2.24) is 0 Å². The number of hydrogen-bond acceptors (Lipinski definition) is 4. The molecule has 0 saturated carbocycles. The Bertz CT molecular complexity index is 596. The highest BCUT2D eigenvalue weighted by Crippen LogP contribution is 2.23. The van der Waals surface area contributed by atoms with Crippen molar-refractivity contribution in [1.29, 1.82) is 0 Å².